The van der Waals surface area contributed by atoms with Crippen molar-refractivity contribution in [3.05, 3.63) is 77.4 Å². The third-order valence-electron chi connectivity index (χ3n) is 5.06. The van der Waals surface area contributed by atoms with Crippen LogP contribution in [0, 0.1) is 5.82 Å². The van der Waals surface area contributed by atoms with Crippen molar-refractivity contribution in [1.82, 2.24) is 4.98 Å². The first-order valence-corrected chi connectivity index (χ1v) is 10.0. The number of carbonyl (C=O) groups is 1. The van der Waals surface area contributed by atoms with Gasteiger partial charge in [-0.3, -0.25) is 9.88 Å². The van der Waals surface area contributed by atoms with Crippen LogP contribution in [0.5, 0.6) is 0 Å². The number of anilines is 2. The van der Waals surface area contributed by atoms with E-state index in [1.807, 2.05) is 0 Å². The number of amides is 2. The van der Waals surface area contributed by atoms with E-state index in [4.69, 9.17) is 0 Å². The van der Waals surface area contributed by atoms with E-state index in [9.17, 15) is 22.4 Å². The van der Waals surface area contributed by atoms with Gasteiger partial charge in [0.15, 0.2) is 0 Å². The number of pyridine rings is 1. The highest BCUT2D eigenvalue weighted by atomic mass is 32.1. The van der Waals surface area contributed by atoms with Gasteiger partial charge >= 0.3 is 12.2 Å². The molecule has 1 N–H and O–H groups in total. The van der Waals surface area contributed by atoms with Gasteiger partial charge in [-0.05, 0) is 53.4 Å². The van der Waals surface area contributed by atoms with Gasteiger partial charge in [-0.1, -0.05) is 12.1 Å². The predicted octanol–water partition coefficient (Wildman–Crippen LogP) is 5.93. The lowest BCUT2D eigenvalue weighted by atomic mass is 10.0. The number of nitrogens with zero attached hydrogens (tertiary/aromatic N) is 2. The van der Waals surface area contributed by atoms with Crippen LogP contribution in [0.3, 0.4) is 0 Å². The summed E-state index contributed by atoms with van der Waals surface area (Å²) >= 11 is 4.00. The maximum Gasteiger partial charge on any atom is 0.416 e. The number of hydrogen-bond donors (Lipinski definition) is 2. The molecule has 2 heterocycles. The summed E-state index contributed by atoms with van der Waals surface area (Å²) in [5.74, 6) is -0.620. The standard InChI is InChI=1S/C22H17F4N3OS/c23-17-7-15(14-2-1-4-27-11-14)8-18(9-17)28-21(30)29-5-3-13-6-16(12-31)19(10-20(13)29)22(24,25)26/h1-2,4,6-11,31H,3,5,12H2,(H,28,30). The van der Waals surface area contributed by atoms with Crippen molar-refractivity contribution in [2.45, 2.75) is 18.3 Å². The zero-order valence-corrected chi connectivity index (χ0v) is 17.0. The van der Waals surface area contributed by atoms with Crippen LogP contribution in [0.4, 0.5) is 33.7 Å². The molecule has 0 saturated carbocycles. The van der Waals surface area contributed by atoms with Crippen molar-refractivity contribution < 1.29 is 22.4 Å². The predicted molar refractivity (Wildman–Crippen MR) is 114 cm³/mol. The lowest BCUT2D eigenvalue weighted by Gasteiger charge is -2.21. The van der Waals surface area contributed by atoms with Crippen LogP contribution in [0.1, 0.15) is 16.7 Å². The molecule has 4 nitrogen and oxygen atoms in total. The molecule has 3 aromatic rings. The van der Waals surface area contributed by atoms with Crippen LogP contribution in [-0.2, 0) is 18.3 Å². The fourth-order valence-electron chi connectivity index (χ4n) is 3.65. The summed E-state index contributed by atoms with van der Waals surface area (Å²) in [7, 11) is 0. The highest BCUT2D eigenvalue weighted by Crippen LogP contribution is 2.39. The van der Waals surface area contributed by atoms with E-state index in [2.05, 4.69) is 22.9 Å². The first-order chi connectivity index (χ1) is 14.8. The van der Waals surface area contributed by atoms with Crippen LogP contribution in [0.2, 0.25) is 0 Å². The number of nitrogens with one attached hydrogen (secondary N) is 1. The molecule has 1 aromatic heterocycles. The Balaban J connectivity index is 1.63. The van der Waals surface area contributed by atoms with E-state index >= 15 is 0 Å². The maximum atomic E-state index is 14.1. The van der Waals surface area contributed by atoms with Crippen LogP contribution in [0.25, 0.3) is 11.1 Å². The lowest BCUT2D eigenvalue weighted by Crippen LogP contribution is -2.33. The number of hydrogen-bond acceptors (Lipinski definition) is 3. The monoisotopic (exact) mass is 447 g/mol. The van der Waals surface area contributed by atoms with Crippen molar-refractivity contribution in [2.75, 3.05) is 16.8 Å². The average Bonchev–Trinajstić information content (AvgIpc) is 3.15. The van der Waals surface area contributed by atoms with Crippen LogP contribution in [-0.4, -0.2) is 17.6 Å². The van der Waals surface area contributed by atoms with Crippen molar-refractivity contribution >= 4 is 30.0 Å². The quantitative estimate of drug-likeness (QED) is 0.386. The van der Waals surface area contributed by atoms with Gasteiger partial charge in [0.05, 0.1) is 5.56 Å². The van der Waals surface area contributed by atoms with Gasteiger partial charge in [-0.25, -0.2) is 9.18 Å². The van der Waals surface area contributed by atoms with E-state index in [1.165, 1.54) is 17.0 Å². The average molecular weight is 447 g/mol. The fraction of sp³-hybridized carbons (Fsp3) is 0.182. The molecule has 0 saturated heterocycles. The third kappa shape index (κ3) is 4.36. The number of carbonyl (C=O) groups excluding carboxylic acids is 1. The molecule has 0 spiro atoms. The second kappa shape index (κ2) is 8.22. The highest BCUT2D eigenvalue weighted by Gasteiger charge is 2.36. The van der Waals surface area contributed by atoms with E-state index in [-0.39, 0.29) is 29.2 Å². The number of alkyl halides is 3. The zero-order chi connectivity index (χ0) is 22.2. The van der Waals surface area contributed by atoms with Crippen LogP contribution >= 0.6 is 12.6 Å². The molecule has 0 aliphatic carbocycles. The molecule has 160 valence electrons. The molecule has 0 fully saturated rings. The van der Waals surface area contributed by atoms with Crippen molar-refractivity contribution in [1.29, 1.82) is 0 Å². The third-order valence-corrected chi connectivity index (χ3v) is 5.41. The molecule has 2 aromatic carbocycles. The molecular weight excluding hydrogens is 430 g/mol. The SMILES string of the molecule is O=C(Nc1cc(F)cc(-c2cccnc2)c1)N1CCc2cc(CS)c(C(F)(F)F)cc21. The number of halogens is 4. The molecule has 0 atom stereocenters. The summed E-state index contributed by atoms with van der Waals surface area (Å²) in [5.41, 5.74) is 1.47. The zero-order valence-electron chi connectivity index (χ0n) is 16.1. The van der Waals surface area contributed by atoms with Crippen molar-refractivity contribution in [3.63, 3.8) is 0 Å². The van der Waals surface area contributed by atoms with E-state index in [0.29, 0.717) is 23.1 Å². The summed E-state index contributed by atoms with van der Waals surface area (Å²) in [6.07, 6.45) is -0.982. The summed E-state index contributed by atoms with van der Waals surface area (Å²) in [6, 6.07) is 9.31. The van der Waals surface area contributed by atoms with E-state index < -0.39 is 23.6 Å². The highest BCUT2D eigenvalue weighted by molar-refractivity contribution is 7.79. The number of urea groups is 1. The first-order valence-electron chi connectivity index (χ1n) is 9.39. The number of fused-ring (bicyclic) bond motifs is 1. The van der Waals surface area contributed by atoms with Gasteiger partial charge in [-0.2, -0.15) is 25.8 Å². The second-order valence-electron chi connectivity index (χ2n) is 7.10. The molecule has 0 bridgehead atoms. The summed E-state index contributed by atoms with van der Waals surface area (Å²) in [4.78, 5) is 18.1. The minimum absolute atomic E-state index is 0.0608. The Kier molecular flexibility index (Phi) is 5.62. The second-order valence-corrected chi connectivity index (χ2v) is 7.41. The maximum absolute atomic E-state index is 14.1. The van der Waals surface area contributed by atoms with Crippen LogP contribution in [0.15, 0.2) is 54.9 Å². The molecule has 9 heteroatoms. The number of benzene rings is 2. The minimum atomic E-state index is -4.56. The Bertz CT molecular complexity index is 1140. The largest absolute Gasteiger partial charge is 0.416 e. The molecule has 2 amide bonds. The summed E-state index contributed by atoms with van der Waals surface area (Å²) < 4.78 is 54.4. The van der Waals surface area contributed by atoms with Gasteiger partial charge in [0, 0.05) is 41.6 Å². The van der Waals surface area contributed by atoms with Crippen molar-refractivity contribution in [3.8, 4) is 11.1 Å². The van der Waals surface area contributed by atoms with Gasteiger partial charge in [0.1, 0.15) is 5.82 Å². The molecule has 0 unspecified atom stereocenters. The molecule has 4 rings (SSSR count). The lowest BCUT2D eigenvalue weighted by molar-refractivity contribution is -0.138. The molecule has 31 heavy (non-hydrogen) atoms. The Morgan fingerprint density at radius 2 is 1.97 bits per heavy atom. The smallest absolute Gasteiger partial charge is 0.307 e. The van der Waals surface area contributed by atoms with E-state index in [1.54, 1.807) is 30.6 Å². The number of aromatic nitrogens is 1. The van der Waals surface area contributed by atoms with Gasteiger partial charge in [0.25, 0.3) is 0 Å². The fourth-order valence-corrected chi connectivity index (χ4v) is 3.91. The molecular formula is C22H17F4N3OS. The normalized spacial score (nSPS) is 13.3. The number of rotatable bonds is 3. The van der Waals surface area contributed by atoms with Gasteiger partial charge in [-0.15, -0.1) is 0 Å². The Labute approximate surface area is 181 Å². The van der Waals surface area contributed by atoms with Crippen molar-refractivity contribution in [2.24, 2.45) is 0 Å². The summed E-state index contributed by atoms with van der Waals surface area (Å²) in [5, 5.41) is 2.59. The summed E-state index contributed by atoms with van der Waals surface area (Å²) in [6.45, 7) is 0.221. The Morgan fingerprint density at radius 1 is 1.16 bits per heavy atom. The molecule has 0 radical (unpaired) electrons. The molecule has 1 aliphatic heterocycles. The topological polar surface area (TPSA) is 45.2 Å². The van der Waals surface area contributed by atoms with E-state index in [0.717, 1.165) is 12.1 Å². The Hall–Kier alpha value is -3.07. The molecule has 1 aliphatic rings. The first kappa shape index (κ1) is 21.2. The van der Waals surface area contributed by atoms with Gasteiger partial charge in [0.2, 0.25) is 0 Å². The Morgan fingerprint density at radius 3 is 2.65 bits per heavy atom. The minimum Gasteiger partial charge on any atom is -0.307 e. The number of thiol groups is 1. The van der Waals surface area contributed by atoms with Gasteiger partial charge < -0.3 is 5.32 Å². The van der Waals surface area contributed by atoms with Crippen LogP contribution < -0.4 is 10.2 Å².